The van der Waals surface area contributed by atoms with E-state index < -0.39 is 6.16 Å². The fourth-order valence-electron chi connectivity index (χ4n) is 5.91. The van der Waals surface area contributed by atoms with Gasteiger partial charge in [0.05, 0.1) is 19.8 Å². The molecule has 47 heavy (non-hydrogen) atoms. The molecule has 0 saturated heterocycles. The summed E-state index contributed by atoms with van der Waals surface area (Å²) in [4.78, 5) is 14.1. The highest BCUT2D eigenvalue weighted by Crippen LogP contribution is 2.14. The Morgan fingerprint density at radius 2 is 0.830 bits per heavy atom. The van der Waals surface area contributed by atoms with Gasteiger partial charge in [0.15, 0.2) is 6.29 Å². The summed E-state index contributed by atoms with van der Waals surface area (Å²) in [6, 6.07) is 0. The maximum Gasteiger partial charge on any atom is 0.508 e. The van der Waals surface area contributed by atoms with Gasteiger partial charge in [-0.3, -0.25) is 0 Å². The second-order valence-electron chi connectivity index (χ2n) is 13.6. The molecule has 282 valence electrons. The lowest BCUT2D eigenvalue weighted by Gasteiger charge is -2.21. The normalized spacial score (nSPS) is 11.6. The van der Waals surface area contributed by atoms with Crippen LogP contribution < -0.4 is 0 Å². The largest absolute Gasteiger partial charge is 0.508 e. The molecule has 7 nitrogen and oxygen atoms in total. The molecule has 0 aliphatic carbocycles. The minimum atomic E-state index is -0.520. The predicted octanol–water partition coefficient (Wildman–Crippen LogP) is 11.4. The molecule has 0 unspecified atom stereocenters. The van der Waals surface area contributed by atoms with E-state index in [4.69, 9.17) is 18.9 Å². The number of hydrogen-bond acceptors (Lipinski definition) is 7. The van der Waals surface area contributed by atoms with E-state index >= 15 is 0 Å². The van der Waals surface area contributed by atoms with Crippen molar-refractivity contribution < 1.29 is 28.8 Å². The molecule has 0 amide bonds. The van der Waals surface area contributed by atoms with Crippen molar-refractivity contribution in [3.8, 4) is 0 Å². The average Bonchev–Trinajstić information content (AvgIpc) is 3.07. The molecule has 0 spiro atoms. The minimum Gasteiger partial charge on any atom is -0.434 e. The Balaban J connectivity index is 3.88. The van der Waals surface area contributed by atoms with Crippen LogP contribution in [0.15, 0.2) is 0 Å². The molecule has 0 radical (unpaired) electrons. The third kappa shape index (κ3) is 36.2. The highest BCUT2D eigenvalue weighted by Gasteiger charge is 2.10. The number of ether oxygens (including phenoxy) is 4. The van der Waals surface area contributed by atoms with Crippen LogP contribution in [-0.4, -0.2) is 75.1 Å². The van der Waals surface area contributed by atoms with E-state index in [2.05, 4.69) is 25.7 Å². The maximum atomic E-state index is 11.7. The molecule has 0 aromatic carbocycles. The van der Waals surface area contributed by atoms with Crippen molar-refractivity contribution in [3.63, 3.8) is 0 Å². The number of carbonyl (C=O) groups excluding carboxylic acids is 1. The van der Waals surface area contributed by atoms with Gasteiger partial charge < -0.3 is 29.0 Å². The third-order valence-corrected chi connectivity index (χ3v) is 8.99. The number of hydrogen-bond donors (Lipinski definition) is 1. The summed E-state index contributed by atoms with van der Waals surface area (Å²) in [6.45, 7) is 12.3. The molecule has 0 aromatic heterocycles. The Hall–Kier alpha value is -0.890. The summed E-state index contributed by atoms with van der Waals surface area (Å²) < 4.78 is 22.7. The van der Waals surface area contributed by atoms with E-state index in [1.807, 2.05) is 0 Å². The fourth-order valence-corrected chi connectivity index (χ4v) is 5.91. The van der Waals surface area contributed by atoms with E-state index in [0.717, 1.165) is 97.1 Å². The van der Waals surface area contributed by atoms with E-state index in [-0.39, 0.29) is 12.9 Å². The quantitative estimate of drug-likeness (QED) is 0.0396. The fraction of sp³-hybridized carbons (Fsp3) is 0.975. The van der Waals surface area contributed by atoms with E-state index in [1.54, 1.807) is 0 Å². The van der Waals surface area contributed by atoms with Gasteiger partial charge in [-0.25, -0.2) is 4.79 Å². The molecule has 0 saturated carbocycles. The van der Waals surface area contributed by atoms with Crippen LogP contribution in [0.25, 0.3) is 0 Å². The van der Waals surface area contributed by atoms with Crippen molar-refractivity contribution in [2.45, 2.75) is 200 Å². The van der Waals surface area contributed by atoms with Crippen molar-refractivity contribution in [2.75, 3.05) is 52.7 Å². The molecule has 0 aromatic rings. The Morgan fingerprint density at radius 1 is 0.468 bits per heavy atom. The topological polar surface area (TPSA) is 77.5 Å². The van der Waals surface area contributed by atoms with Crippen molar-refractivity contribution in [2.24, 2.45) is 0 Å². The number of aliphatic hydroxyl groups excluding tert-OH is 1. The van der Waals surface area contributed by atoms with Gasteiger partial charge in [-0.05, 0) is 64.5 Å². The first-order valence-corrected chi connectivity index (χ1v) is 20.5. The lowest BCUT2D eigenvalue weighted by Crippen LogP contribution is -2.29. The first kappa shape index (κ1) is 46.1. The molecule has 0 aliphatic heterocycles. The highest BCUT2D eigenvalue weighted by molar-refractivity contribution is 5.59. The van der Waals surface area contributed by atoms with Gasteiger partial charge in [0.2, 0.25) is 0 Å². The molecule has 0 rings (SSSR count). The van der Waals surface area contributed by atoms with E-state index in [9.17, 15) is 9.90 Å². The number of rotatable bonds is 39. The Morgan fingerprint density at radius 3 is 1.26 bits per heavy atom. The first-order chi connectivity index (χ1) is 23.2. The molecule has 0 heterocycles. The second-order valence-corrected chi connectivity index (χ2v) is 13.6. The average molecular weight is 672 g/mol. The van der Waals surface area contributed by atoms with Crippen LogP contribution in [-0.2, 0) is 18.9 Å². The van der Waals surface area contributed by atoms with Crippen LogP contribution in [0.3, 0.4) is 0 Å². The maximum absolute atomic E-state index is 11.7. The Bertz CT molecular complexity index is 591. The van der Waals surface area contributed by atoms with Crippen molar-refractivity contribution in [1.82, 2.24) is 4.90 Å². The lowest BCUT2D eigenvalue weighted by atomic mass is 10.1. The number of unbranched alkanes of at least 4 members (excludes halogenated alkanes) is 21. The molecule has 7 heteroatoms. The van der Waals surface area contributed by atoms with E-state index in [1.165, 1.54) is 109 Å². The number of nitrogens with zero attached hydrogens (tertiary/aromatic N) is 1. The van der Waals surface area contributed by atoms with Gasteiger partial charge in [-0.15, -0.1) is 0 Å². The summed E-state index contributed by atoms with van der Waals surface area (Å²) in [6.07, 6.45) is 31.7. The Kier molecular flexibility index (Phi) is 38.8. The SMILES string of the molecule is CCCCCCCCCOC(=O)OCCCCCCN(CCO)CCCCCCCC(OCCCCCCC)OCCCCCCC. The van der Waals surface area contributed by atoms with Crippen molar-refractivity contribution in [3.05, 3.63) is 0 Å². The van der Waals surface area contributed by atoms with Crippen LogP contribution in [0.5, 0.6) is 0 Å². The lowest BCUT2D eigenvalue weighted by molar-refractivity contribution is -0.148. The molecular formula is C40H81NO6. The zero-order chi connectivity index (χ0) is 34.3. The van der Waals surface area contributed by atoms with Crippen LogP contribution in [0.2, 0.25) is 0 Å². The molecule has 1 N–H and O–H groups in total. The van der Waals surface area contributed by atoms with Gasteiger partial charge in [0.25, 0.3) is 0 Å². The summed E-state index contributed by atoms with van der Waals surface area (Å²) in [7, 11) is 0. The molecular weight excluding hydrogens is 590 g/mol. The molecule has 0 fully saturated rings. The smallest absolute Gasteiger partial charge is 0.434 e. The monoisotopic (exact) mass is 672 g/mol. The number of carbonyl (C=O) groups is 1. The zero-order valence-corrected chi connectivity index (χ0v) is 31.8. The minimum absolute atomic E-state index is 0.0347. The highest BCUT2D eigenvalue weighted by atomic mass is 16.7. The molecule has 0 atom stereocenters. The van der Waals surface area contributed by atoms with Gasteiger partial charge >= 0.3 is 6.16 Å². The number of aliphatic hydroxyl groups is 1. The van der Waals surface area contributed by atoms with E-state index in [0.29, 0.717) is 13.2 Å². The second kappa shape index (κ2) is 39.5. The first-order valence-electron chi connectivity index (χ1n) is 20.5. The van der Waals surface area contributed by atoms with Gasteiger partial charge in [-0.2, -0.15) is 0 Å². The van der Waals surface area contributed by atoms with Crippen molar-refractivity contribution in [1.29, 1.82) is 0 Å². The van der Waals surface area contributed by atoms with Crippen LogP contribution in [0.1, 0.15) is 194 Å². The van der Waals surface area contributed by atoms with Crippen LogP contribution in [0, 0.1) is 0 Å². The standard InChI is InChI=1S/C40H81NO6/c1-4-7-10-13-14-21-28-37-46-40(43)47-38-29-22-18-25-32-41(33-34-42)31-24-17-15-16-23-30-39(44-35-26-19-11-8-5-2)45-36-27-20-12-9-6-3/h39,42H,4-38H2,1-3H3. The van der Waals surface area contributed by atoms with Gasteiger partial charge in [0, 0.05) is 19.8 Å². The molecule has 0 aliphatic rings. The summed E-state index contributed by atoms with van der Waals surface area (Å²) in [5.41, 5.74) is 0. The summed E-state index contributed by atoms with van der Waals surface area (Å²) in [5.74, 6) is 0. The predicted molar refractivity (Wildman–Crippen MR) is 198 cm³/mol. The molecule has 0 bridgehead atoms. The summed E-state index contributed by atoms with van der Waals surface area (Å²) in [5, 5.41) is 9.53. The van der Waals surface area contributed by atoms with Crippen molar-refractivity contribution >= 4 is 6.16 Å². The zero-order valence-electron chi connectivity index (χ0n) is 31.8. The van der Waals surface area contributed by atoms with Gasteiger partial charge in [0.1, 0.15) is 0 Å². The van der Waals surface area contributed by atoms with Crippen LogP contribution in [0.4, 0.5) is 4.79 Å². The van der Waals surface area contributed by atoms with Gasteiger partial charge in [-0.1, -0.05) is 143 Å². The third-order valence-electron chi connectivity index (χ3n) is 8.99. The summed E-state index contributed by atoms with van der Waals surface area (Å²) >= 11 is 0. The Labute approximate surface area is 292 Å². The van der Waals surface area contributed by atoms with Crippen LogP contribution >= 0.6 is 0 Å².